The van der Waals surface area contributed by atoms with E-state index in [1.165, 1.54) is 128 Å². The second-order valence-electron chi connectivity index (χ2n) is 11.0. The van der Waals surface area contributed by atoms with Gasteiger partial charge in [-0.15, -0.1) is 0 Å². The van der Waals surface area contributed by atoms with Gasteiger partial charge in [-0.2, -0.15) is 10.2 Å². The zero-order valence-corrected chi connectivity index (χ0v) is 22.0. The Bertz CT molecular complexity index is 348. The summed E-state index contributed by atoms with van der Waals surface area (Å²) in [5, 5.41) is 9.55. The van der Waals surface area contributed by atoms with Gasteiger partial charge < -0.3 is 0 Å². The van der Waals surface area contributed by atoms with E-state index in [1.54, 1.807) is 0 Å². The molecule has 0 unspecified atom stereocenters. The fourth-order valence-corrected chi connectivity index (χ4v) is 4.11. The molecule has 30 heavy (non-hydrogen) atoms. The van der Waals surface area contributed by atoms with Gasteiger partial charge in [0, 0.05) is 0 Å². The van der Waals surface area contributed by atoms with Crippen LogP contribution in [0.15, 0.2) is 10.2 Å². The predicted octanol–water partition coefficient (Wildman–Crippen LogP) is 10.8. The maximum absolute atomic E-state index is 4.78. The summed E-state index contributed by atoms with van der Waals surface area (Å²) in [6, 6.07) is 0. The van der Waals surface area contributed by atoms with Gasteiger partial charge in [0.1, 0.15) is 0 Å². The van der Waals surface area contributed by atoms with E-state index in [1.807, 2.05) is 0 Å². The topological polar surface area (TPSA) is 24.7 Å². The van der Waals surface area contributed by atoms with Gasteiger partial charge in [-0.25, -0.2) is 0 Å². The Morgan fingerprint density at radius 2 is 0.600 bits per heavy atom. The van der Waals surface area contributed by atoms with Crippen LogP contribution in [0.25, 0.3) is 0 Å². The summed E-state index contributed by atoms with van der Waals surface area (Å²) in [6.07, 6.45) is 27.3. The van der Waals surface area contributed by atoms with E-state index in [9.17, 15) is 0 Å². The van der Waals surface area contributed by atoms with Crippen molar-refractivity contribution in [3.05, 3.63) is 0 Å². The molecule has 2 heteroatoms. The molecule has 0 aliphatic rings. The van der Waals surface area contributed by atoms with E-state index in [0.29, 0.717) is 0 Å². The first-order chi connectivity index (χ1) is 14.3. The fourth-order valence-electron chi connectivity index (χ4n) is 4.11. The number of azo groups is 1. The Labute approximate surface area is 191 Å². The van der Waals surface area contributed by atoms with Gasteiger partial charge in [0.25, 0.3) is 0 Å². The third-order valence-corrected chi connectivity index (χ3v) is 6.38. The van der Waals surface area contributed by atoms with E-state index in [2.05, 4.69) is 41.5 Å². The minimum absolute atomic E-state index is 0.00309. The summed E-state index contributed by atoms with van der Waals surface area (Å²) >= 11 is 0. The molecule has 0 spiro atoms. The molecular formula is C28H58N2. The highest BCUT2D eigenvalue weighted by molar-refractivity contribution is 4.80. The first-order valence-corrected chi connectivity index (χ1v) is 13.8. The molecule has 0 aromatic rings. The largest absolute Gasteiger partial charge is 0.187 e. The van der Waals surface area contributed by atoms with E-state index in [0.717, 1.165) is 0 Å². The average Bonchev–Trinajstić information content (AvgIpc) is 2.70. The maximum atomic E-state index is 4.78. The van der Waals surface area contributed by atoms with Crippen LogP contribution in [-0.2, 0) is 0 Å². The first kappa shape index (κ1) is 29.6. The zero-order chi connectivity index (χ0) is 22.6. The first-order valence-electron chi connectivity index (χ1n) is 13.8. The van der Waals surface area contributed by atoms with Gasteiger partial charge in [0.15, 0.2) is 0 Å². The molecule has 0 N–H and O–H groups in total. The number of hydrogen-bond acceptors (Lipinski definition) is 2. The Morgan fingerprint density at radius 1 is 0.367 bits per heavy atom. The molecule has 0 saturated heterocycles. The highest BCUT2D eigenvalue weighted by Gasteiger charge is 2.20. The second kappa shape index (κ2) is 19.3. The lowest BCUT2D eigenvalue weighted by Crippen LogP contribution is -2.21. The van der Waals surface area contributed by atoms with Crippen molar-refractivity contribution in [3.63, 3.8) is 0 Å². The number of hydrogen-bond donors (Lipinski definition) is 0. The van der Waals surface area contributed by atoms with Crippen molar-refractivity contribution in [3.8, 4) is 0 Å². The smallest absolute Gasteiger partial charge is 0.0760 e. The molecule has 0 amide bonds. The van der Waals surface area contributed by atoms with Crippen molar-refractivity contribution < 1.29 is 0 Å². The summed E-state index contributed by atoms with van der Waals surface area (Å²) in [6.45, 7) is 13.6. The molecule has 0 aliphatic heterocycles. The molecule has 0 aromatic heterocycles. The van der Waals surface area contributed by atoms with Gasteiger partial charge in [-0.1, -0.05) is 129 Å². The van der Waals surface area contributed by atoms with E-state index >= 15 is 0 Å². The lowest BCUT2D eigenvalue weighted by atomic mass is 9.95. The van der Waals surface area contributed by atoms with Crippen molar-refractivity contribution in [2.75, 3.05) is 0 Å². The Hall–Kier alpha value is -0.400. The molecule has 180 valence electrons. The van der Waals surface area contributed by atoms with Crippen LogP contribution in [0.3, 0.4) is 0 Å². The number of nitrogens with zero attached hydrogens (tertiary/aromatic N) is 2. The molecule has 0 aliphatic carbocycles. The van der Waals surface area contributed by atoms with Crippen LogP contribution in [0.5, 0.6) is 0 Å². The highest BCUT2D eigenvalue weighted by Crippen LogP contribution is 2.25. The van der Waals surface area contributed by atoms with Gasteiger partial charge in [0.05, 0.1) is 11.1 Å². The van der Waals surface area contributed by atoms with Crippen molar-refractivity contribution in [2.45, 2.75) is 181 Å². The third kappa shape index (κ3) is 20.9. The molecular weight excluding hydrogens is 364 g/mol. The van der Waals surface area contributed by atoms with Crippen molar-refractivity contribution in [1.29, 1.82) is 0 Å². The molecule has 0 heterocycles. The van der Waals surface area contributed by atoms with Crippen LogP contribution in [0.2, 0.25) is 0 Å². The van der Waals surface area contributed by atoms with E-state index < -0.39 is 0 Å². The number of unbranched alkanes of at least 4 members (excludes halogenated alkanes) is 16. The second-order valence-corrected chi connectivity index (χ2v) is 11.0. The number of rotatable bonds is 22. The molecule has 0 fully saturated rings. The third-order valence-electron chi connectivity index (χ3n) is 6.38. The van der Waals surface area contributed by atoms with E-state index in [4.69, 9.17) is 10.2 Å². The van der Waals surface area contributed by atoms with Gasteiger partial charge in [-0.3, -0.25) is 0 Å². The quantitative estimate of drug-likeness (QED) is 0.122. The van der Waals surface area contributed by atoms with Crippen LogP contribution < -0.4 is 0 Å². The standard InChI is InChI=1S/C28H58N2/c1-7-9-11-13-15-17-19-21-23-25-27(3,4)29-30-28(5,6)26-24-22-20-18-16-14-12-10-8-2/h7-26H2,1-6H3. The molecule has 0 rings (SSSR count). The Balaban J connectivity index is 3.79. The van der Waals surface area contributed by atoms with Crippen molar-refractivity contribution in [2.24, 2.45) is 10.2 Å². The van der Waals surface area contributed by atoms with Crippen LogP contribution in [-0.4, -0.2) is 11.1 Å². The maximum Gasteiger partial charge on any atom is 0.0760 e. The lowest BCUT2D eigenvalue weighted by Gasteiger charge is -2.23. The average molecular weight is 423 g/mol. The SMILES string of the molecule is CCCCCCCCCCCC(C)(C)N=NC(C)(C)CCCCCCCCCCC. The van der Waals surface area contributed by atoms with Gasteiger partial charge >= 0.3 is 0 Å². The monoisotopic (exact) mass is 422 g/mol. The van der Waals surface area contributed by atoms with Crippen LogP contribution in [0, 0.1) is 0 Å². The Morgan fingerprint density at radius 3 is 0.867 bits per heavy atom. The summed E-state index contributed by atoms with van der Waals surface area (Å²) < 4.78 is 0. The predicted molar refractivity (Wildman–Crippen MR) is 137 cm³/mol. The summed E-state index contributed by atoms with van der Waals surface area (Å²) in [4.78, 5) is 0. The molecule has 0 aromatic carbocycles. The summed E-state index contributed by atoms with van der Waals surface area (Å²) in [5.41, 5.74) is -0.00618. The molecule has 0 bridgehead atoms. The van der Waals surface area contributed by atoms with Gasteiger partial charge in [-0.05, 0) is 40.5 Å². The lowest BCUT2D eigenvalue weighted by molar-refractivity contribution is 0.367. The highest BCUT2D eigenvalue weighted by atomic mass is 15.2. The van der Waals surface area contributed by atoms with Gasteiger partial charge in [0.2, 0.25) is 0 Å². The molecule has 0 radical (unpaired) electrons. The van der Waals surface area contributed by atoms with Crippen LogP contribution in [0.1, 0.15) is 170 Å². The summed E-state index contributed by atoms with van der Waals surface area (Å²) in [7, 11) is 0. The van der Waals surface area contributed by atoms with Crippen molar-refractivity contribution >= 4 is 0 Å². The molecule has 2 nitrogen and oxygen atoms in total. The Kier molecular flexibility index (Phi) is 19.0. The zero-order valence-electron chi connectivity index (χ0n) is 22.0. The minimum atomic E-state index is -0.00309. The normalized spacial score (nSPS) is 12.9. The summed E-state index contributed by atoms with van der Waals surface area (Å²) in [5.74, 6) is 0. The van der Waals surface area contributed by atoms with Crippen LogP contribution >= 0.6 is 0 Å². The molecule has 0 saturated carbocycles. The van der Waals surface area contributed by atoms with E-state index in [-0.39, 0.29) is 11.1 Å². The molecule has 0 atom stereocenters. The fraction of sp³-hybridized carbons (Fsp3) is 1.00. The van der Waals surface area contributed by atoms with Crippen molar-refractivity contribution in [1.82, 2.24) is 0 Å². The minimum Gasteiger partial charge on any atom is -0.187 e. The van der Waals surface area contributed by atoms with Crippen LogP contribution in [0.4, 0.5) is 0 Å².